The van der Waals surface area contributed by atoms with Crippen LogP contribution in [0.2, 0.25) is 0 Å². The molecule has 40 heavy (non-hydrogen) atoms. The van der Waals surface area contributed by atoms with Crippen molar-refractivity contribution in [1.29, 1.82) is 0 Å². The van der Waals surface area contributed by atoms with Crippen molar-refractivity contribution in [3.8, 4) is 22.9 Å². The van der Waals surface area contributed by atoms with E-state index in [4.69, 9.17) is 18.3 Å². The van der Waals surface area contributed by atoms with Crippen LogP contribution in [0.4, 0.5) is 0 Å². The van der Waals surface area contributed by atoms with Gasteiger partial charge in [-0.25, -0.2) is 0 Å². The number of methoxy groups -OCH3 is 2. The number of carbonyl (C=O) groups excluding carboxylic acids is 2. The number of rotatable bonds is 11. The zero-order valence-corrected chi connectivity index (χ0v) is 22.7. The predicted molar refractivity (Wildman–Crippen MR) is 142 cm³/mol. The summed E-state index contributed by atoms with van der Waals surface area (Å²) in [7, 11) is 3.09. The van der Waals surface area contributed by atoms with Crippen LogP contribution in [-0.2, 0) is 22.7 Å². The number of aryl methyl sites for hydroxylation is 1. The minimum Gasteiger partial charge on any atom is -0.493 e. The lowest BCUT2D eigenvalue weighted by molar-refractivity contribution is -0.143. The zero-order valence-electron chi connectivity index (χ0n) is 22.7. The summed E-state index contributed by atoms with van der Waals surface area (Å²) in [6.45, 7) is 1.59. The Morgan fingerprint density at radius 1 is 1.12 bits per heavy atom. The van der Waals surface area contributed by atoms with Crippen molar-refractivity contribution in [2.45, 2.75) is 57.8 Å². The summed E-state index contributed by atoms with van der Waals surface area (Å²) >= 11 is 0. The SMILES string of the molecule is COc1ccc(-c2nnn(CC(=O)N(Cc3ccco3)[C@H](C(=O)NC3CCCC3)c3ccc(C)o3)n2)cc1OC. The average molecular weight is 549 g/mol. The Labute approximate surface area is 231 Å². The fourth-order valence-electron chi connectivity index (χ4n) is 4.88. The van der Waals surface area contributed by atoms with Gasteiger partial charge in [0, 0.05) is 11.6 Å². The standard InChI is InChI=1S/C28H32N6O6/c1-18-10-12-23(40-18)26(28(36)29-20-7-4-5-8-20)33(16-21-9-6-14-39-21)25(35)17-34-31-27(30-32-34)19-11-13-22(37-2)24(15-19)38-3/h6,9-15,20,26H,4-5,7-8,16-17H2,1-3H3,(H,29,36)/t26-/m0/s1. The highest BCUT2D eigenvalue weighted by Crippen LogP contribution is 2.31. The first-order valence-corrected chi connectivity index (χ1v) is 13.1. The molecule has 1 aliphatic carbocycles. The first-order chi connectivity index (χ1) is 19.4. The Hall–Kier alpha value is -4.61. The van der Waals surface area contributed by atoms with E-state index in [0.29, 0.717) is 40.2 Å². The first-order valence-electron chi connectivity index (χ1n) is 13.1. The fourth-order valence-corrected chi connectivity index (χ4v) is 4.88. The van der Waals surface area contributed by atoms with Crippen LogP contribution in [0, 0.1) is 6.92 Å². The van der Waals surface area contributed by atoms with Gasteiger partial charge in [-0.1, -0.05) is 12.8 Å². The molecule has 0 aliphatic heterocycles. The van der Waals surface area contributed by atoms with Gasteiger partial charge in [0.25, 0.3) is 5.91 Å². The molecule has 0 spiro atoms. The van der Waals surface area contributed by atoms with Gasteiger partial charge in [-0.3, -0.25) is 9.59 Å². The first kappa shape index (κ1) is 27.0. The lowest BCUT2D eigenvalue weighted by Gasteiger charge is -2.30. The molecule has 1 saturated carbocycles. The number of hydrogen-bond acceptors (Lipinski definition) is 9. The Balaban J connectivity index is 1.42. The lowest BCUT2D eigenvalue weighted by Crippen LogP contribution is -2.46. The molecule has 1 N–H and O–H groups in total. The molecule has 3 aromatic heterocycles. The summed E-state index contributed by atoms with van der Waals surface area (Å²) in [4.78, 5) is 30.1. The average Bonchev–Trinajstić information content (AvgIpc) is 3.77. The number of ether oxygens (including phenoxy) is 2. The van der Waals surface area contributed by atoms with Crippen LogP contribution < -0.4 is 14.8 Å². The number of hydrogen-bond donors (Lipinski definition) is 1. The fraction of sp³-hybridized carbons (Fsp3) is 0.393. The highest BCUT2D eigenvalue weighted by Gasteiger charge is 2.36. The van der Waals surface area contributed by atoms with Crippen LogP contribution in [0.5, 0.6) is 11.5 Å². The highest BCUT2D eigenvalue weighted by molar-refractivity contribution is 5.88. The summed E-state index contributed by atoms with van der Waals surface area (Å²) in [5, 5.41) is 15.7. The van der Waals surface area contributed by atoms with Gasteiger partial charge in [-0.05, 0) is 67.4 Å². The molecule has 1 atom stereocenters. The molecule has 0 unspecified atom stereocenters. The molecule has 210 valence electrons. The number of amides is 2. The zero-order chi connectivity index (χ0) is 28.1. The van der Waals surface area contributed by atoms with Crippen LogP contribution in [0.3, 0.4) is 0 Å². The Kier molecular flexibility index (Phi) is 8.13. The van der Waals surface area contributed by atoms with E-state index in [1.54, 1.807) is 56.5 Å². The predicted octanol–water partition coefficient (Wildman–Crippen LogP) is 3.68. The second kappa shape index (κ2) is 12.1. The van der Waals surface area contributed by atoms with E-state index in [-0.39, 0.29) is 25.0 Å². The Bertz CT molecular complexity index is 1440. The van der Waals surface area contributed by atoms with Crippen molar-refractivity contribution >= 4 is 11.8 Å². The van der Waals surface area contributed by atoms with Gasteiger partial charge in [0.05, 0.1) is 27.0 Å². The molecular weight excluding hydrogens is 516 g/mol. The van der Waals surface area contributed by atoms with E-state index >= 15 is 0 Å². The maximum absolute atomic E-state index is 13.8. The van der Waals surface area contributed by atoms with Crippen molar-refractivity contribution in [3.05, 3.63) is 66.0 Å². The van der Waals surface area contributed by atoms with Crippen LogP contribution in [0.1, 0.15) is 49.0 Å². The molecule has 1 aliphatic rings. The second-order valence-electron chi connectivity index (χ2n) is 9.66. The van der Waals surface area contributed by atoms with E-state index < -0.39 is 11.9 Å². The van der Waals surface area contributed by atoms with Crippen molar-refractivity contribution in [2.24, 2.45) is 0 Å². The van der Waals surface area contributed by atoms with E-state index in [1.807, 2.05) is 0 Å². The van der Waals surface area contributed by atoms with Crippen molar-refractivity contribution in [3.63, 3.8) is 0 Å². The van der Waals surface area contributed by atoms with Crippen LogP contribution in [-0.4, -0.2) is 57.2 Å². The smallest absolute Gasteiger partial charge is 0.250 e. The van der Waals surface area contributed by atoms with Gasteiger partial charge in [0.2, 0.25) is 11.7 Å². The third kappa shape index (κ3) is 6.00. The van der Waals surface area contributed by atoms with Crippen molar-refractivity contribution in [2.75, 3.05) is 14.2 Å². The monoisotopic (exact) mass is 548 g/mol. The largest absolute Gasteiger partial charge is 0.493 e. The molecule has 3 heterocycles. The second-order valence-corrected chi connectivity index (χ2v) is 9.66. The molecule has 4 aromatic rings. The summed E-state index contributed by atoms with van der Waals surface area (Å²) in [6.07, 6.45) is 5.46. The number of benzene rings is 1. The molecule has 2 amide bonds. The van der Waals surface area contributed by atoms with Crippen molar-refractivity contribution < 1.29 is 27.9 Å². The van der Waals surface area contributed by atoms with E-state index in [2.05, 4.69) is 20.7 Å². The minimum atomic E-state index is -1.01. The van der Waals surface area contributed by atoms with E-state index in [9.17, 15) is 9.59 Å². The van der Waals surface area contributed by atoms with Crippen LogP contribution >= 0.6 is 0 Å². The third-order valence-corrected chi connectivity index (χ3v) is 6.89. The number of tetrazole rings is 1. The van der Waals surface area contributed by atoms with Gasteiger partial charge in [-0.15, -0.1) is 10.2 Å². The third-order valence-electron chi connectivity index (χ3n) is 6.89. The molecule has 0 radical (unpaired) electrons. The topological polar surface area (TPSA) is 138 Å². The summed E-state index contributed by atoms with van der Waals surface area (Å²) in [6, 6.07) is 11.3. The molecule has 1 aromatic carbocycles. The quantitative estimate of drug-likeness (QED) is 0.297. The number of furan rings is 2. The Morgan fingerprint density at radius 3 is 2.60 bits per heavy atom. The Morgan fingerprint density at radius 2 is 1.93 bits per heavy atom. The number of nitrogens with zero attached hydrogens (tertiary/aromatic N) is 5. The highest BCUT2D eigenvalue weighted by atomic mass is 16.5. The summed E-state index contributed by atoms with van der Waals surface area (Å²) in [5.41, 5.74) is 0.642. The van der Waals surface area contributed by atoms with Gasteiger partial charge in [-0.2, -0.15) is 4.80 Å². The minimum absolute atomic E-state index is 0.0472. The van der Waals surface area contributed by atoms with Gasteiger partial charge in [0.1, 0.15) is 23.8 Å². The summed E-state index contributed by atoms with van der Waals surface area (Å²) < 4.78 is 22.1. The number of carbonyl (C=O) groups is 2. The molecule has 12 heteroatoms. The maximum atomic E-state index is 13.8. The van der Waals surface area contributed by atoms with Crippen LogP contribution in [0.15, 0.2) is 57.6 Å². The van der Waals surface area contributed by atoms with Crippen LogP contribution in [0.25, 0.3) is 11.4 Å². The van der Waals surface area contributed by atoms with Crippen molar-refractivity contribution in [1.82, 2.24) is 30.4 Å². The number of aromatic nitrogens is 4. The van der Waals surface area contributed by atoms with Gasteiger partial charge in [0.15, 0.2) is 17.5 Å². The van der Waals surface area contributed by atoms with Gasteiger partial charge >= 0.3 is 0 Å². The lowest BCUT2D eigenvalue weighted by atomic mass is 10.1. The summed E-state index contributed by atoms with van der Waals surface area (Å²) in [5.74, 6) is 2.20. The van der Waals surface area contributed by atoms with E-state index in [0.717, 1.165) is 25.7 Å². The molecule has 5 rings (SSSR count). The molecule has 0 saturated heterocycles. The molecule has 1 fully saturated rings. The maximum Gasteiger partial charge on any atom is 0.250 e. The number of nitrogens with one attached hydrogen (secondary N) is 1. The molecule has 0 bridgehead atoms. The van der Waals surface area contributed by atoms with Gasteiger partial charge < -0.3 is 28.5 Å². The van der Waals surface area contributed by atoms with E-state index in [1.165, 1.54) is 23.1 Å². The normalized spacial score (nSPS) is 14.2. The molecular formula is C28H32N6O6. The molecule has 12 nitrogen and oxygen atoms in total.